The molecule has 88 valence electrons. The maximum Gasteiger partial charge on any atom is 0.144 e. The Morgan fingerprint density at radius 2 is 2.00 bits per heavy atom. The van der Waals surface area contributed by atoms with Gasteiger partial charge in [-0.15, -0.1) is 0 Å². The smallest absolute Gasteiger partial charge is 0.144 e. The van der Waals surface area contributed by atoms with Crippen LogP contribution in [0.2, 0.25) is 5.02 Å². The molecule has 2 nitrogen and oxygen atoms in total. The van der Waals surface area contributed by atoms with E-state index in [0.717, 1.165) is 11.1 Å². The molecule has 0 N–H and O–H groups in total. The first-order chi connectivity index (χ1) is 7.32. The van der Waals surface area contributed by atoms with Gasteiger partial charge in [-0.05, 0) is 44.9 Å². The van der Waals surface area contributed by atoms with Gasteiger partial charge in [-0.3, -0.25) is 0 Å². The van der Waals surface area contributed by atoms with Crippen LogP contribution in [0.1, 0.15) is 31.9 Å². The summed E-state index contributed by atoms with van der Waals surface area (Å²) in [7, 11) is -1.23. The fourth-order valence-corrected chi connectivity index (χ4v) is 1.73. The highest BCUT2D eigenvalue weighted by Gasteiger charge is 2.18. The van der Waals surface area contributed by atoms with Crippen molar-refractivity contribution in [2.75, 3.05) is 0 Å². The predicted molar refractivity (Wildman–Crippen MR) is 71.7 cm³/mol. The molecular formula is C12H16ClNOS. The van der Waals surface area contributed by atoms with E-state index in [4.69, 9.17) is 11.6 Å². The van der Waals surface area contributed by atoms with Crippen LogP contribution in [0.3, 0.4) is 0 Å². The van der Waals surface area contributed by atoms with E-state index in [0.29, 0.717) is 5.02 Å². The zero-order valence-electron chi connectivity index (χ0n) is 9.95. The molecule has 0 aliphatic carbocycles. The molecule has 1 rings (SSSR count). The van der Waals surface area contributed by atoms with Crippen molar-refractivity contribution in [2.45, 2.75) is 32.4 Å². The number of benzene rings is 1. The molecule has 0 amide bonds. The van der Waals surface area contributed by atoms with Crippen LogP contribution >= 0.6 is 11.6 Å². The van der Waals surface area contributed by atoms with Gasteiger partial charge in [0, 0.05) is 11.2 Å². The van der Waals surface area contributed by atoms with Crippen molar-refractivity contribution in [3.8, 4) is 0 Å². The van der Waals surface area contributed by atoms with Gasteiger partial charge in [-0.1, -0.05) is 23.7 Å². The summed E-state index contributed by atoms with van der Waals surface area (Å²) in [6.45, 7) is 7.60. The third-order valence-electron chi connectivity index (χ3n) is 2.12. The van der Waals surface area contributed by atoms with Crippen molar-refractivity contribution in [3.05, 3.63) is 34.3 Å². The largest absolute Gasteiger partial charge is 0.234 e. The molecule has 0 aromatic heterocycles. The molecule has 0 spiro atoms. The SMILES string of the molecule is Cc1c(Cl)cccc1/C=N/[S@@](=O)C(C)(C)C. The van der Waals surface area contributed by atoms with Gasteiger partial charge >= 0.3 is 0 Å². The van der Waals surface area contributed by atoms with Gasteiger partial charge in [0.2, 0.25) is 0 Å². The van der Waals surface area contributed by atoms with Crippen molar-refractivity contribution in [2.24, 2.45) is 4.40 Å². The molecule has 0 saturated heterocycles. The molecule has 16 heavy (non-hydrogen) atoms. The molecule has 0 unspecified atom stereocenters. The number of halogens is 1. The highest BCUT2D eigenvalue weighted by atomic mass is 35.5. The Morgan fingerprint density at radius 1 is 1.38 bits per heavy atom. The predicted octanol–water partition coefficient (Wildman–Crippen LogP) is 3.53. The van der Waals surface area contributed by atoms with Crippen LogP contribution in [0.15, 0.2) is 22.6 Å². The first-order valence-electron chi connectivity index (χ1n) is 5.03. The van der Waals surface area contributed by atoms with Crippen molar-refractivity contribution in [1.82, 2.24) is 0 Å². The van der Waals surface area contributed by atoms with Gasteiger partial charge in [-0.2, -0.15) is 4.40 Å². The van der Waals surface area contributed by atoms with Gasteiger partial charge in [0.1, 0.15) is 11.0 Å². The number of rotatable bonds is 2. The fraction of sp³-hybridized carbons (Fsp3) is 0.417. The third kappa shape index (κ3) is 3.42. The van der Waals surface area contributed by atoms with E-state index in [9.17, 15) is 4.21 Å². The Kier molecular flexibility index (Phi) is 4.28. The van der Waals surface area contributed by atoms with Crippen molar-refractivity contribution in [3.63, 3.8) is 0 Å². The van der Waals surface area contributed by atoms with Gasteiger partial charge in [0.25, 0.3) is 0 Å². The Bertz CT molecular complexity index is 435. The molecule has 0 aliphatic heterocycles. The van der Waals surface area contributed by atoms with Crippen LogP contribution in [0.25, 0.3) is 0 Å². The lowest BCUT2D eigenvalue weighted by molar-refractivity contribution is 0.651. The lowest BCUT2D eigenvalue weighted by Gasteiger charge is -2.12. The molecule has 4 heteroatoms. The fourth-order valence-electron chi connectivity index (χ4n) is 1.03. The lowest BCUT2D eigenvalue weighted by Crippen LogP contribution is -2.19. The molecular weight excluding hydrogens is 242 g/mol. The van der Waals surface area contributed by atoms with Crippen molar-refractivity contribution in [1.29, 1.82) is 0 Å². The van der Waals surface area contributed by atoms with E-state index < -0.39 is 11.0 Å². The minimum atomic E-state index is -1.23. The summed E-state index contributed by atoms with van der Waals surface area (Å²) in [5.74, 6) is 0. The van der Waals surface area contributed by atoms with E-state index in [1.165, 1.54) is 0 Å². The molecule has 1 aromatic rings. The Labute approximate surface area is 104 Å². The summed E-state index contributed by atoms with van der Waals surface area (Å²) in [6, 6.07) is 5.59. The molecule has 0 radical (unpaired) electrons. The number of nitrogens with zero attached hydrogens (tertiary/aromatic N) is 1. The molecule has 0 saturated carbocycles. The average molecular weight is 258 g/mol. The summed E-state index contributed by atoms with van der Waals surface area (Å²) in [4.78, 5) is 0. The average Bonchev–Trinajstić information content (AvgIpc) is 2.18. The summed E-state index contributed by atoms with van der Waals surface area (Å²) in [5, 5.41) is 0.700. The maximum absolute atomic E-state index is 11.7. The topological polar surface area (TPSA) is 29.4 Å². The van der Waals surface area contributed by atoms with Crippen LogP contribution in [0, 0.1) is 6.92 Å². The first-order valence-corrected chi connectivity index (χ1v) is 6.52. The van der Waals surface area contributed by atoms with Gasteiger partial charge in [0.15, 0.2) is 0 Å². The summed E-state index contributed by atoms with van der Waals surface area (Å²) < 4.78 is 15.4. The van der Waals surface area contributed by atoms with E-state index in [1.54, 1.807) is 6.21 Å². The second-order valence-corrected chi connectivity index (χ2v) is 6.89. The number of hydrogen-bond acceptors (Lipinski definition) is 1. The van der Waals surface area contributed by atoms with Crippen LogP contribution in [0.4, 0.5) is 0 Å². The van der Waals surface area contributed by atoms with E-state index in [1.807, 2.05) is 45.9 Å². The minimum absolute atomic E-state index is 0.330. The Balaban J connectivity index is 2.94. The Hall–Kier alpha value is -0.670. The highest BCUT2D eigenvalue weighted by molar-refractivity contribution is 7.85. The van der Waals surface area contributed by atoms with E-state index in [-0.39, 0.29) is 4.75 Å². The van der Waals surface area contributed by atoms with Crippen LogP contribution in [0.5, 0.6) is 0 Å². The summed E-state index contributed by atoms with van der Waals surface area (Å²) in [5.41, 5.74) is 1.86. The molecule has 1 aromatic carbocycles. The highest BCUT2D eigenvalue weighted by Crippen LogP contribution is 2.18. The van der Waals surface area contributed by atoms with Gasteiger partial charge in [0.05, 0.1) is 4.75 Å². The lowest BCUT2D eigenvalue weighted by atomic mass is 10.1. The van der Waals surface area contributed by atoms with Gasteiger partial charge in [-0.25, -0.2) is 4.21 Å². The standard InChI is InChI=1S/C12H16ClNOS/c1-9-10(6-5-7-11(9)13)8-14-16(15)12(2,3)4/h5-8H,1-4H3/b14-8+/t16-/m0/s1. The van der Waals surface area contributed by atoms with Crippen LogP contribution < -0.4 is 0 Å². The zero-order chi connectivity index (χ0) is 12.3. The summed E-state index contributed by atoms with van der Waals surface area (Å²) >= 11 is 5.98. The Morgan fingerprint density at radius 3 is 2.56 bits per heavy atom. The molecule has 0 aliphatic rings. The third-order valence-corrected chi connectivity index (χ3v) is 3.88. The van der Waals surface area contributed by atoms with E-state index >= 15 is 0 Å². The monoisotopic (exact) mass is 257 g/mol. The van der Waals surface area contributed by atoms with Crippen LogP contribution in [-0.4, -0.2) is 15.2 Å². The molecule has 0 bridgehead atoms. The van der Waals surface area contributed by atoms with Crippen molar-refractivity contribution < 1.29 is 4.21 Å². The first kappa shape index (κ1) is 13.4. The van der Waals surface area contributed by atoms with Crippen molar-refractivity contribution >= 4 is 28.8 Å². The summed E-state index contributed by atoms with van der Waals surface area (Å²) in [6.07, 6.45) is 1.63. The molecule has 1 atom stereocenters. The van der Waals surface area contributed by atoms with Gasteiger partial charge < -0.3 is 0 Å². The number of hydrogen-bond donors (Lipinski definition) is 0. The zero-order valence-corrected chi connectivity index (χ0v) is 11.5. The van der Waals surface area contributed by atoms with E-state index in [2.05, 4.69) is 4.40 Å². The minimum Gasteiger partial charge on any atom is -0.234 e. The molecule has 0 fully saturated rings. The molecule has 0 heterocycles. The quantitative estimate of drug-likeness (QED) is 0.746. The van der Waals surface area contributed by atoms with Crippen LogP contribution in [-0.2, 0) is 11.0 Å². The maximum atomic E-state index is 11.7. The second-order valence-electron chi connectivity index (χ2n) is 4.55. The second kappa shape index (κ2) is 5.11. The normalized spacial score (nSPS) is 14.3.